The fourth-order valence-corrected chi connectivity index (χ4v) is 2.28. The summed E-state index contributed by atoms with van der Waals surface area (Å²) in [5.41, 5.74) is 0. The molecular formula is C9H15NO2. The van der Waals surface area contributed by atoms with Gasteiger partial charge in [-0.25, -0.2) is 0 Å². The normalized spacial score (nSPS) is 41.8. The van der Waals surface area contributed by atoms with Crippen molar-refractivity contribution in [1.29, 1.82) is 0 Å². The number of carbonyl (C=O) groups is 1. The highest BCUT2D eigenvalue weighted by atomic mass is 16.5. The van der Waals surface area contributed by atoms with Crippen LogP contribution in [-0.4, -0.2) is 25.2 Å². The summed E-state index contributed by atoms with van der Waals surface area (Å²) in [7, 11) is 0. The summed E-state index contributed by atoms with van der Waals surface area (Å²) in [6.07, 6.45) is 1.83. The smallest absolute Gasteiger partial charge is 0.220 e. The van der Waals surface area contributed by atoms with Crippen LogP contribution in [0.3, 0.4) is 0 Å². The second-order valence-electron chi connectivity index (χ2n) is 3.85. The zero-order valence-electron chi connectivity index (χ0n) is 7.38. The molecule has 3 heteroatoms. The maximum atomic E-state index is 11.1. The topological polar surface area (TPSA) is 38.3 Å². The number of ether oxygens (including phenoxy) is 1. The minimum atomic E-state index is 0.208. The van der Waals surface area contributed by atoms with Gasteiger partial charge in [-0.2, -0.15) is 0 Å². The van der Waals surface area contributed by atoms with Crippen LogP contribution in [0.1, 0.15) is 19.8 Å². The first-order valence-electron chi connectivity index (χ1n) is 4.64. The van der Waals surface area contributed by atoms with Crippen molar-refractivity contribution in [2.45, 2.75) is 25.8 Å². The van der Waals surface area contributed by atoms with E-state index in [1.54, 1.807) is 0 Å². The molecule has 68 valence electrons. The maximum Gasteiger partial charge on any atom is 0.220 e. The van der Waals surface area contributed by atoms with E-state index in [1.165, 1.54) is 0 Å². The molecular weight excluding hydrogens is 154 g/mol. The van der Waals surface area contributed by atoms with E-state index in [9.17, 15) is 4.79 Å². The first kappa shape index (κ1) is 8.05. The monoisotopic (exact) mass is 169 g/mol. The third-order valence-electron chi connectivity index (χ3n) is 3.02. The van der Waals surface area contributed by atoms with Crippen LogP contribution in [-0.2, 0) is 9.53 Å². The SMILES string of the molecule is CC1NC(=O)CC1C1CCOC1. The standard InChI is InChI=1S/C9H15NO2/c1-6-8(4-9(11)10-6)7-2-3-12-5-7/h6-8H,2-5H2,1H3,(H,10,11). The zero-order valence-corrected chi connectivity index (χ0v) is 7.38. The number of nitrogens with one attached hydrogen (secondary N) is 1. The Morgan fingerprint density at radius 2 is 2.42 bits per heavy atom. The molecule has 1 amide bonds. The van der Waals surface area contributed by atoms with Gasteiger partial charge in [0, 0.05) is 25.7 Å². The molecule has 12 heavy (non-hydrogen) atoms. The summed E-state index contributed by atoms with van der Waals surface area (Å²) in [5.74, 6) is 1.33. The number of hydrogen-bond donors (Lipinski definition) is 1. The lowest BCUT2D eigenvalue weighted by molar-refractivity contribution is -0.119. The van der Waals surface area contributed by atoms with Crippen LogP contribution < -0.4 is 5.32 Å². The van der Waals surface area contributed by atoms with Gasteiger partial charge in [-0.15, -0.1) is 0 Å². The third-order valence-corrected chi connectivity index (χ3v) is 3.02. The Labute approximate surface area is 72.5 Å². The maximum absolute atomic E-state index is 11.1. The molecule has 2 heterocycles. The highest BCUT2D eigenvalue weighted by Crippen LogP contribution is 2.30. The molecule has 1 N–H and O–H groups in total. The molecule has 2 aliphatic heterocycles. The first-order chi connectivity index (χ1) is 5.77. The minimum absolute atomic E-state index is 0.208. The van der Waals surface area contributed by atoms with Gasteiger partial charge >= 0.3 is 0 Å². The number of amides is 1. The Hall–Kier alpha value is -0.570. The lowest BCUT2D eigenvalue weighted by Crippen LogP contribution is -2.29. The number of hydrogen-bond acceptors (Lipinski definition) is 2. The average molecular weight is 169 g/mol. The predicted octanol–water partition coefficient (Wildman–Crippen LogP) is 0.548. The van der Waals surface area contributed by atoms with Gasteiger partial charge in [-0.3, -0.25) is 4.79 Å². The molecule has 0 aromatic carbocycles. The van der Waals surface area contributed by atoms with E-state index in [-0.39, 0.29) is 5.91 Å². The zero-order chi connectivity index (χ0) is 8.55. The fraction of sp³-hybridized carbons (Fsp3) is 0.889. The van der Waals surface area contributed by atoms with Crippen molar-refractivity contribution in [3.05, 3.63) is 0 Å². The van der Waals surface area contributed by atoms with E-state index in [0.29, 0.717) is 24.3 Å². The first-order valence-corrected chi connectivity index (χ1v) is 4.64. The van der Waals surface area contributed by atoms with Crippen LogP contribution in [0.15, 0.2) is 0 Å². The second kappa shape index (κ2) is 3.05. The molecule has 3 unspecified atom stereocenters. The van der Waals surface area contributed by atoms with Crippen molar-refractivity contribution >= 4 is 5.91 Å². The lowest BCUT2D eigenvalue weighted by atomic mass is 9.86. The largest absolute Gasteiger partial charge is 0.381 e. The van der Waals surface area contributed by atoms with Gasteiger partial charge in [0.15, 0.2) is 0 Å². The molecule has 3 nitrogen and oxygen atoms in total. The predicted molar refractivity (Wildman–Crippen MR) is 44.6 cm³/mol. The van der Waals surface area contributed by atoms with Crippen LogP contribution in [0.4, 0.5) is 0 Å². The fourth-order valence-electron chi connectivity index (χ4n) is 2.28. The minimum Gasteiger partial charge on any atom is -0.381 e. The van der Waals surface area contributed by atoms with Gasteiger partial charge in [0.05, 0.1) is 0 Å². The molecule has 2 rings (SSSR count). The average Bonchev–Trinajstić information content (AvgIpc) is 2.58. The van der Waals surface area contributed by atoms with Gasteiger partial charge < -0.3 is 10.1 Å². The molecule has 2 saturated heterocycles. The van der Waals surface area contributed by atoms with E-state index in [0.717, 1.165) is 19.6 Å². The summed E-state index contributed by atoms with van der Waals surface area (Å²) < 4.78 is 5.31. The van der Waals surface area contributed by atoms with Gasteiger partial charge in [0.1, 0.15) is 0 Å². The summed E-state index contributed by atoms with van der Waals surface area (Å²) in [4.78, 5) is 11.1. The van der Waals surface area contributed by atoms with E-state index >= 15 is 0 Å². The molecule has 3 atom stereocenters. The molecule has 2 aliphatic rings. The van der Waals surface area contributed by atoms with Crippen molar-refractivity contribution in [2.75, 3.05) is 13.2 Å². The Balaban J connectivity index is 1.98. The van der Waals surface area contributed by atoms with Crippen molar-refractivity contribution < 1.29 is 9.53 Å². The van der Waals surface area contributed by atoms with Crippen molar-refractivity contribution in [3.8, 4) is 0 Å². The Morgan fingerprint density at radius 3 is 2.92 bits per heavy atom. The third kappa shape index (κ3) is 1.33. The van der Waals surface area contributed by atoms with Crippen LogP contribution in [0.5, 0.6) is 0 Å². The molecule has 0 aromatic rings. The molecule has 2 fully saturated rings. The molecule has 0 spiro atoms. The highest BCUT2D eigenvalue weighted by Gasteiger charge is 2.36. The van der Waals surface area contributed by atoms with Crippen LogP contribution in [0, 0.1) is 11.8 Å². The summed E-state index contributed by atoms with van der Waals surface area (Å²) in [6, 6.07) is 0.351. The van der Waals surface area contributed by atoms with E-state index in [1.807, 2.05) is 0 Å². The van der Waals surface area contributed by atoms with Crippen LogP contribution in [0.2, 0.25) is 0 Å². The summed E-state index contributed by atoms with van der Waals surface area (Å²) in [5, 5.41) is 2.95. The molecule has 0 aliphatic carbocycles. The lowest BCUT2D eigenvalue weighted by Gasteiger charge is -2.19. The Bertz CT molecular complexity index is 187. The molecule has 0 radical (unpaired) electrons. The van der Waals surface area contributed by atoms with Crippen LogP contribution >= 0.6 is 0 Å². The van der Waals surface area contributed by atoms with Gasteiger partial charge in [-0.05, 0) is 25.2 Å². The molecule has 0 saturated carbocycles. The quantitative estimate of drug-likeness (QED) is 0.622. The molecule has 0 aromatic heterocycles. The molecule has 0 bridgehead atoms. The summed E-state index contributed by atoms with van der Waals surface area (Å²) >= 11 is 0. The van der Waals surface area contributed by atoms with Gasteiger partial charge in [0.2, 0.25) is 5.91 Å². The number of carbonyl (C=O) groups excluding carboxylic acids is 1. The van der Waals surface area contributed by atoms with Crippen molar-refractivity contribution in [3.63, 3.8) is 0 Å². The number of rotatable bonds is 1. The van der Waals surface area contributed by atoms with E-state index < -0.39 is 0 Å². The second-order valence-corrected chi connectivity index (χ2v) is 3.85. The van der Waals surface area contributed by atoms with Crippen molar-refractivity contribution in [2.24, 2.45) is 11.8 Å². The Kier molecular flexibility index (Phi) is 2.05. The van der Waals surface area contributed by atoms with Gasteiger partial charge in [0.25, 0.3) is 0 Å². The van der Waals surface area contributed by atoms with E-state index in [2.05, 4.69) is 12.2 Å². The summed E-state index contributed by atoms with van der Waals surface area (Å²) in [6.45, 7) is 3.82. The van der Waals surface area contributed by atoms with E-state index in [4.69, 9.17) is 4.74 Å². The van der Waals surface area contributed by atoms with Gasteiger partial charge in [-0.1, -0.05) is 0 Å². The van der Waals surface area contributed by atoms with Crippen LogP contribution in [0.25, 0.3) is 0 Å². The van der Waals surface area contributed by atoms with Crippen molar-refractivity contribution in [1.82, 2.24) is 5.32 Å². The highest BCUT2D eigenvalue weighted by molar-refractivity contribution is 5.79. The Morgan fingerprint density at radius 1 is 1.58 bits per heavy atom.